The van der Waals surface area contributed by atoms with Gasteiger partial charge in [-0.15, -0.1) is 0 Å². The van der Waals surface area contributed by atoms with Gasteiger partial charge in [0.25, 0.3) is 5.91 Å². The maximum atomic E-state index is 12.2. The number of nitrogens with zero attached hydrogens (tertiary/aromatic N) is 1. The van der Waals surface area contributed by atoms with Crippen LogP contribution >= 0.6 is 22.6 Å². The van der Waals surface area contributed by atoms with Gasteiger partial charge in [0.15, 0.2) is 0 Å². The van der Waals surface area contributed by atoms with Gasteiger partial charge in [-0.3, -0.25) is 4.79 Å². The van der Waals surface area contributed by atoms with E-state index in [4.69, 9.17) is 0 Å². The summed E-state index contributed by atoms with van der Waals surface area (Å²) in [6.45, 7) is 7.61. The van der Waals surface area contributed by atoms with Gasteiger partial charge >= 0.3 is 0 Å². The van der Waals surface area contributed by atoms with Crippen molar-refractivity contribution in [2.75, 3.05) is 19.6 Å². The molecule has 0 unspecified atom stereocenters. The largest absolute Gasteiger partial charge is 0.352 e. The molecule has 3 nitrogen and oxygen atoms in total. The fourth-order valence-electron chi connectivity index (χ4n) is 2.65. The fourth-order valence-corrected chi connectivity index (χ4v) is 3.28. The van der Waals surface area contributed by atoms with Crippen molar-refractivity contribution in [3.05, 3.63) is 33.4 Å². The van der Waals surface area contributed by atoms with Crippen LogP contribution in [0.4, 0.5) is 0 Å². The average Bonchev–Trinajstić information content (AvgIpc) is 2.45. The Morgan fingerprint density at radius 3 is 2.60 bits per heavy atom. The number of benzene rings is 1. The van der Waals surface area contributed by atoms with E-state index in [1.165, 1.54) is 12.8 Å². The minimum absolute atomic E-state index is 0.0567. The minimum Gasteiger partial charge on any atom is -0.352 e. The highest BCUT2D eigenvalue weighted by Gasteiger charge is 2.21. The normalized spacial score (nSPS) is 17.4. The standard InChI is InChI=1S/C16H23IN2O/c1-12(2)19-9-7-13(8-10-19)11-18-16(20)14-5-3-4-6-15(14)17/h3-6,12-13H,7-11H2,1-2H3,(H,18,20). The molecule has 1 heterocycles. The first-order valence-electron chi connectivity index (χ1n) is 7.34. The van der Waals surface area contributed by atoms with Crippen LogP contribution in [0.25, 0.3) is 0 Å². The second-order valence-electron chi connectivity index (χ2n) is 5.76. The van der Waals surface area contributed by atoms with Gasteiger partial charge in [-0.2, -0.15) is 0 Å². The van der Waals surface area contributed by atoms with Crippen molar-refractivity contribution in [2.24, 2.45) is 5.92 Å². The molecule has 0 saturated carbocycles. The van der Waals surface area contributed by atoms with Gasteiger partial charge in [-0.1, -0.05) is 12.1 Å². The lowest BCUT2D eigenvalue weighted by Gasteiger charge is -2.34. The third-order valence-electron chi connectivity index (χ3n) is 4.05. The molecule has 2 rings (SSSR count). The zero-order chi connectivity index (χ0) is 14.5. The number of nitrogens with one attached hydrogen (secondary N) is 1. The summed E-state index contributed by atoms with van der Waals surface area (Å²) < 4.78 is 1.01. The summed E-state index contributed by atoms with van der Waals surface area (Å²) in [7, 11) is 0. The number of hydrogen-bond donors (Lipinski definition) is 1. The minimum atomic E-state index is 0.0567. The first-order valence-corrected chi connectivity index (χ1v) is 8.42. The Morgan fingerprint density at radius 1 is 1.35 bits per heavy atom. The Kier molecular flexibility index (Phi) is 5.84. The first-order chi connectivity index (χ1) is 9.58. The molecular weight excluding hydrogens is 363 g/mol. The second-order valence-corrected chi connectivity index (χ2v) is 6.93. The van der Waals surface area contributed by atoms with Crippen LogP contribution in [-0.2, 0) is 0 Å². The molecule has 1 aromatic rings. The van der Waals surface area contributed by atoms with Crippen LogP contribution in [0.2, 0.25) is 0 Å². The Balaban J connectivity index is 1.79. The van der Waals surface area contributed by atoms with Crippen molar-refractivity contribution in [3.8, 4) is 0 Å². The monoisotopic (exact) mass is 386 g/mol. The highest BCUT2D eigenvalue weighted by molar-refractivity contribution is 14.1. The predicted molar refractivity (Wildman–Crippen MR) is 90.9 cm³/mol. The Hall–Kier alpha value is -0.620. The van der Waals surface area contributed by atoms with E-state index in [1.54, 1.807) is 0 Å². The lowest BCUT2D eigenvalue weighted by atomic mass is 9.96. The van der Waals surface area contributed by atoms with Gasteiger partial charge in [0.1, 0.15) is 0 Å². The fraction of sp³-hybridized carbons (Fsp3) is 0.562. The average molecular weight is 386 g/mol. The number of amides is 1. The van der Waals surface area contributed by atoms with E-state index in [0.29, 0.717) is 12.0 Å². The van der Waals surface area contributed by atoms with Crippen LogP contribution in [0.5, 0.6) is 0 Å². The molecule has 0 spiro atoms. The smallest absolute Gasteiger partial charge is 0.252 e. The molecule has 0 aromatic heterocycles. The number of rotatable bonds is 4. The Morgan fingerprint density at radius 2 is 2.00 bits per heavy atom. The van der Waals surface area contributed by atoms with Crippen molar-refractivity contribution >= 4 is 28.5 Å². The molecule has 0 bridgehead atoms. The summed E-state index contributed by atoms with van der Waals surface area (Å²) >= 11 is 2.21. The number of likely N-dealkylation sites (tertiary alicyclic amines) is 1. The highest BCUT2D eigenvalue weighted by Crippen LogP contribution is 2.18. The molecule has 1 N–H and O–H groups in total. The van der Waals surface area contributed by atoms with E-state index in [-0.39, 0.29) is 5.91 Å². The zero-order valence-corrected chi connectivity index (χ0v) is 14.4. The summed E-state index contributed by atoms with van der Waals surface area (Å²) in [6.07, 6.45) is 2.37. The summed E-state index contributed by atoms with van der Waals surface area (Å²) in [4.78, 5) is 14.7. The first kappa shape index (κ1) is 15.8. The second kappa shape index (κ2) is 7.41. The molecule has 20 heavy (non-hydrogen) atoms. The molecule has 1 aliphatic rings. The van der Waals surface area contributed by atoms with Gasteiger partial charge in [-0.25, -0.2) is 0 Å². The van der Waals surface area contributed by atoms with E-state index in [2.05, 4.69) is 46.7 Å². The number of hydrogen-bond acceptors (Lipinski definition) is 2. The van der Waals surface area contributed by atoms with E-state index in [0.717, 1.165) is 28.8 Å². The zero-order valence-electron chi connectivity index (χ0n) is 12.2. The Bertz CT molecular complexity index is 454. The van der Waals surface area contributed by atoms with E-state index < -0.39 is 0 Å². The summed E-state index contributed by atoms with van der Waals surface area (Å²) in [5.74, 6) is 0.677. The maximum Gasteiger partial charge on any atom is 0.252 e. The van der Waals surface area contributed by atoms with Crippen molar-refractivity contribution in [1.82, 2.24) is 10.2 Å². The lowest BCUT2D eigenvalue weighted by molar-refractivity contribution is 0.0929. The third-order valence-corrected chi connectivity index (χ3v) is 4.99. The van der Waals surface area contributed by atoms with Crippen LogP contribution < -0.4 is 5.32 Å². The van der Waals surface area contributed by atoms with Crippen LogP contribution in [0.3, 0.4) is 0 Å². The molecule has 1 aliphatic heterocycles. The van der Waals surface area contributed by atoms with Crippen molar-refractivity contribution in [3.63, 3.8) is 0 Å². The lowest BCUT2D eigenvalue weighted by Crippen LogP contribution is -2.41. The van der Waals surface area contributed by atoms with Gasteiger partial charge < -0.3 is 10.2 Å². The van der Waals surface area contributed by atoms with Crippen LogP contribution in [-0.4, -0.2) is 36.5 Å². The molecule has 1 amide bonds. The highest BCUT2D eigenvalue weighted by atomic mass is 127. The van der Waals surface area contributed by atoms with E-state index >= 15 is 0 Å². The Labute approximate surface area is 135 Å². The molecule has 0 atom stereocenters. The van der Waals surface area contributed by atoms with Crippen LogP contribution in [0, 0.1) is 9.49 Å². The summed E-state index contributed by atoms with van der Waals surface area (Å²) in [5.41, 5.74) is 0.785. The number of carbonyl (C=O) groups excluding carboxylic acids is 1. The van der Waals surface area contributed by atoms with Crippen molar-refractivity contribution < 1.29 is 4.79 Å². The number of carbonyl (C=O) groups is 1. The third kappa shape index (κ3) is 4.19. The summed E-state index contributed by atoms with van der Waals surface area (Å²) in [5, 5.41) is 3.09. The predicted octanol–water partition coefficient (Wildman–Crippen LogP) is 3.14. The molecule has 0 radical (unpaired) electrons. The molecule has 1 aromatic carbocycles. The van der Waals surface area contributed by atoms with E-state index in [1.807, 2.05) is 24.3 Å². The van der Waals surface area contributed by atoms with Crippen LogP contribution in [0.15, 0.2) is 24.3 Å². The maximum absolute atomic E-state index is 12.2. The van der Waals surface area contributed by atoms with Gasteiger partial charge in [0.05, 0.1) is 5.56 Å². The summed E-state index contributed by atoms with van der Waals surface area (Å²) in [6, 6.07) is 8.37. The number of halogens is 1. The molecule has 4 heteroatoms. The topological polar surface area (TPSA) is 32.3 Å². The molecule has 0 aliphatic carbocycles. The van der Waals surface area contributed by atoms with Gasteiger partial charge in [0, 0.05) is 16.2 Å². The van der Waals surface area contributed by atoms with Crippen LogP contribution in [0.1, 0.15) is 37.0 Å². The van der Waals surface area contributed by atoms with Crippen molar-refractivity contribution in [2.45, 2.75) is 32.7 Å². The number of piperidine rings is 1. The van der Waals surface area contributed by atoms with Gasteiger partial charge in [0.2, 0.25) is 0 Å². The van der Waals surface area contributed by atoms with Crippen molar-refractivity contribution in [1.29, 1.82) is 0 Å². The van der Waals surface area contributed by atoms with E-state index in [9.17, 15) is 4.79 Å². The SMILES string of the molecule is CC(C)N1CCC(CNC(=O)c2ccccc2I)CC1. The molecular formula is C16H23IN2O. The molecule has 1 fully saturated rings. The molecule has 110 valence electrons. The van der Waals surface area contributed by atoms with Gasteiger partial charge in [-0.05, 0) is 80.4 Å². The quantitative estimate of drug-likeness (QED) is 0.807. The molecule has 1 saturated heterocycles.